The fraction of sp³-hybridized carbons (Fsp3) is 0.250. The summed E-state index contributed by atoms with van der Waals surface area (Å²) in [4.78, 5) is 21.5. The van der Waals surface area contributed by atoms with Crippen LogP contribution in [-0.4, -0.2) is 24.8 Å². The summed E-state index contributed by atoms with van der Waals surface area (Å²) in [6, 6.07) is 2.29. The van der Waals surface area contributed by atoms with Crippen LogP contribution in [0, 0.1) is 0 Å². The Morgan fingerprint density at radius 1 is 1.50 bits per heavy atom. The molecule has 3 N–H and O–H groups in total. The zero-order chi connectivity index (χ0) is 15.1. The van der Waals surface area contributed by atoms with Crippen molar-refractivity contribution in [3.05, 3.63) is 22.7 Å². The van der Waals surface area contributed by atoms with Crippen LogP contribution in [0.4, 0.5) is 4.79 Å². The Kier molecular flexibility index (Phi) is 5.79. The number of hydrogen-bond acceptors (Lipinski definition) is 5. The van der Waals surface area contributed by atoms with Gasteiger partial charge in [0.1, 0.15) is 0 Å². The fourth-order valence-corrected chi connectivity index (χ4v) is 1.60. The highest BCUT2D eigenvalue weighted by molar-refractivity contribution is 6.32. The van der Waals surface area contributed by atoms with E-state index in [1.165, 1.54) is 19.2 Å². The lowest BCUT2D eigenvalue weighted by Crippen LogP contribution is -2.24. The van der Waals surface area contributed by atoms with Gasteiger partial charge in [0, 0.05) is 6.92 Å². The quantitative estimate of drug-likeness (QED) is 0.373. The minimum absolute atomic E-state index is 0.140. The van der Waals surface area contributed by atoms with Crippen LogP contribution in [0.3, 0.4) is 0 Å². The summed E-state index contributed by atoms with van der Waals surface area (Å²) < 4.78 is 10.3. The number of nitrogens with zero attached hydrogens (tertiary/aromatic N) is 1. The molecular formula is C12H14ClN3O4. The van der Waals surface area contributed by atoms with Crippen molar-refractivity contribution < 1.29 is 19.1 Å². The number of ether oxygens (including phenoxy) is 2. The molecule has 0 aliphatic carbocycles. The van der Waals surface area contributed by atoms with Crippen LogP contribution < -0.4 is 20.6 Å². The van der Waals surface area contributed by atoms with Gasteiger partial charge in [0.2, 0.25) is 0 Å². The van der Waals surface area contributed by atoms with Crippen LogP contribution in [0.15, 0.2) is 17.2 Å². The first-order valence-electron chi connectivity index (χ1n) is 5.67. The molecule has 1 rings (SSSR count). The third-order valence-corrected chi connectivity index (χ3v) is 2.25. The van der Waals surface area contributed by atoms with Gasteiger partial charge in [-0.3, -0.25) is 4.79 Å². The summed E-state index contributed by atoms with van der Waals surface area (Å²) in [6.45, 7) is 3.41. The monoisotopic (exact) mass is 299 g/mol. The van der Waals surface area contributed by atoms with Crippen molar-refractivity contribution in [2.75, 3.05) is 6.61 Å². The molecule has 8 heteroatoms. The van der Waals surface area contributed by atoms with Crippen LogP contribution in [0.2, 0.25) is 5.02 Å². The number of benzene rings is 1. The normalized spacial score (nSPS) is 10.3. The van der Waals surface area contributed by atoms with Gasteiger partial charge in [-0.1, -0.05) is 11.6 Å². The van der Waals surface area contributed by atoms with Crippen LogP contribution in [0.1, 0.15) is 19.4 Å². The van der Waals surface area contributed by atoms with E-state index in [1.54, 1.807) is 13.0 Å². The highest BCUT2D eigenvalue weighted by Gasteiger charge is 2.14. The number of rotatable bonds is 5. The van der Waals surface area contributed by atoms with Gasteiger partial charge in [-0.25, -0.2) is 10.2 Å². The van der Waals surface area contributed by atoms with Crippen LogP contribution in [-0.2, 0) is 4.79 Å². The highest BCUT2D eigenvalue weighted by Crippen LogP contribution is 2.36. The lowest BCUT2D eigenvalue weighted by molar-refractivity contribution is -0.132. The molecule has 0 bridgehead atoms. The number of primary amides is 1. The van der Waals surface area contributed by atoms with Crippen molar-refractivity contribution in [1.29, 1.82) is 0 Å². The zero-order valence-corrected chi connectivity index (χ0v) is 11.7. The van der Waals surface area contributed by atoms with E-state index in [9.17, 15) is 9.59 Å². The minimum atomic E-state index is -0.783. The fourth-order valence-electron chi connectivity index (χ4n) is 1.34. The van der Waals surface area contributed by atoms with Crippen molar-refractivity contribution in [1.82, 2.24) is 5.43 Å². The predicted molar refractivity (Wildman–Crippen MR) is 74.2 cm³/mol. The second-order valence-electron chi connectivity index (χ2n) is 3.59. The third kappa shape index (κ3) is 4.77. The Bertz CT molecular complexity index is 546. The average Bonchev–Trinajstić information content (AvgIpc) is 2.33. The number of esters is 1. The third-order valence-electron chi connectivity index (χ3n) is 1.97. The molecule has 0 saturated carbocycles. The van der Waals surface area contributed by atoms with Gasteiger partial charge in [0.25, 0.3) is 0 Å². The molecule has 1 aromatic carbocycles. The van der Waals surface area contributed by atoms with Gasteiger partial charge < -0.3 is 15.2 Å². The van der Waals surface area contributed by atoms with E-state index in [0.717, 1.165) is 0 Å². The average molecular weight is 300 g/mol. The molecule has 0 atom stereocenters. The number of halogens is 1. The summed E-state index contributed by atoms with van der Waals surface area (Å²) in [5.74, 6) is -0.0681. The first-order valence-corrected chi connectivity index (χ1v) is 6.05. The molecule has 20 heavy (non-hydrogen) atoms. The van der Waals surface area contributed by atoms with Crippen molar-refractivity contribution >= 4 is 29.8 Å². The second-order valence-corrected chi connectivity index (χ2v) is 4.00. The van der Waals surface area contributed by atoms with Gasteiger partial charge in [-0.05, 0) is 24.6 Å². The van der Waals surface area contributed by atoms with Crippen molar-refractivity contribution in [3.63, 3.8) is 0 Å². The number of carbonyl (C=O) groups excluding carboxylic acids is 2. The second kappa shape index (κ2) is 7.34. The lowest BCUT2D eigenvalue weighted by Gasteiger charge is -2.12. The Balaban J connectivity index is 3.08. The number of amides is 2. The van der Waals surface area contributed by atoms with Crippen molar-refractivity contribution in [2.24, 2.45) is 10.8 Å². The molecule has 0 radical (unpaired) electrons. The van der Waals surface area contributed by atoms with Gasteiger partial charge >= 0.3 is 12.0 Å². The number of hydrogen-bond donors (Lipinski definition) is 2. The van der Waals surface area contributed by atoms with Crippen LogP contribution >= 0.6 is 11.6 Å². The zero-order valence-electron chi connectivity index (χ0n) is 11.0. The van der Waals surface area contributed by atoms with Gasteiger partial charge in [-0.2, -0.15) is 5.10 Å². The first kappa shape index (κ1) is 15.8. The molecule has 0 aliphatic heterocycles. The molecule has 0 saturated heterocycles. The van der Waals surface area contributed by atoms with E-state index >= 15 is 0 Å². The van der Waals surface area contributed by atoms with Crippen LogP contribution in [0.25, 0.3) is 0 Å². The number of nitrogens with two attached hydrogens (primary N) is 1. The van der Waals surface area contributed by atoms with E-state index in [1.807, 2.05) is 0 Å². The maximum Gasteiger partial charge on any atom is 0.332 e. The van der Waals surface area contributed by atoms with Gasteiger partial charge in [-0.15, -0.1) is 0 Å². The van der Waals surface area contributed by atoms with Crippen molar-refractivity contribution in [2.45, 2.75) is 13.8 Å². The van der Waals surface area contributed by atoms with Crippen LogP contribution in [0.5, 0.6) is 11.5 Å². The molecule has 108 valence electrons. The van der Waals surface area contributed by atoms with E-state index in [2.05, 4.69) is 10.5 Å². The Labute approximate surface area is 120 Å². The van der Waals surface area contributed by atoms with E-state index < -0.39 is 12.0 Å². The van der Waals surface area contributed by atoms with E-state index in [4.69, 9.17) is 26.8 Å². The van der Waals surface area contributed by atoms with Crippen molar-refractivity contribution in [3.8, 4) is 11.5 Å². The smallest absolute Gasteiger partial charge is 0.332 e. The van der Waals surface area contributed by atoms with Gasteiger partial charge in [0.05, 0.1) is 17.8 Å². The minimum Gasteiger partial charge on any atom is -0.490 e. The molecule has 7 nitrogen and oxygen atoms in total. The maximum atomic E-state index is 11.0. The molecule has 0 spiro atoms. The lowest BCUT2D eigenvalue weighted by atomic mass is 10.2. The molecule has 1 aromatic rings. The Morgan fingerprint density at radius 2 is 2.20 bits per heavy atom. The molecule has 0 heterocycles. The summed E-state index contributed by atoms with van der Waals surface area (Å²) in [6.07, 6.45) is 1.33. The molecular weight excluding hydrogens is 286 g/mol. The molecule has 0 aliphatic rings. The molecule has 0 unspecified atom stereocenters. The SMILES string of the molecule is CCOc1cc(/C=N/NC(N)=O)cc(Cl)c1OC(C)=O. The molecule has 2 amide bonds. The summed E-state index contributed by atoms with van der Waals surface area (Å²) >= 11 is 6.02. The topological polar surface area (TPSA) is 103 Å². The number of carbonyl (C=O) groups is 2. The Morgan fingerprint density at radius 3 is 2.75 bits per heavy atom. The summed E-state index contributed by atoms with van der Waals surface area (Å²) in [7, 11) is 0. The summed E-state index contributed by atoms with van der Waals surface area (Å²) in [5, 5.41) is 3.79. The number of hydrazone groups is 1. The predicted octanol–water partition coefficient (Wildman–Crippen LogP) is 1.67. The summed E-state index contributed by atoms with van der Waals surface area (Å²) in [5.41, 5.74) is 7.47. The Hall–Kier alpha value is -2.28. The number of nitrogens with one attached hydrogen (secondary N) is 1. The van der Waals surface area contributed by atoms with E-state index in [0.29, 0.717) is 17.9 Å². The molecule has 0 fully saturated rings. The largest absolute Gasteiger partial charge is 0.490 e. The standard InChI is InChI=1S/C12H14ClN3O4/c1-3-19-10-5-8(6-15-16-12(14)18)4-9(13)11(10)20-7(2)17/h4-6H,3H2,1-2H3,(H3,14,16,18)/b15-6+. The highest BCUT2D eigenvalue weighted by atomic mass is 35.5. The number of urea groups is 1. The maximum absolute atomic E-state index is 11.0. The first-order chi connectivity index (χ1) is 9.43. The molecule has 0 aromatic heterocycles. The van der Waals surface area contributed by atoms with Gasteiger partial charge in [0.15, 0.2) is 11.5 Å². The van der Waals surface area contributed by atoms with E-state index in [-0.39, 0.29) is 10.8 Å².